The van der Waals surface area contributed by atoms with Gasteiger partial charge >= 0.3 is 5.97 Å². The minimum Gasteiger partial charge on any atom is -0.496 e. The first kappa shape index (κ1) is 17.3. The molecule has 0 atom stereocenters. The Bertz CT molecular complexity index is 755. The van der Waals surface area contributed by atoms with Crippen LogP contribution in [0.1, 0.15) is 18.4 Å². The zero-order valence-corrected chi connectivity index (χ0v) is 14.5. The Kier molecular flexibility index (Phi) is 4.98. The van der Waals surface area contributed by atoms with Gasteiger partial charge in [-0.25, -0.2) is 0 Å². The molecule has 1 N–H and O–H groups in total. The molecule has 0 bridgehead atoms. The van der Waals surface area contributed by atoms with E-state index in [2.05, 4.69) is 4.90 Å². The molecule has 0 aliphatic carbocycles. The zero-order valence-electron chi connectivity index (χ0n) is 13.7. The van der Waals surface area contributed by atoms with Crippen LogP contribution in [0.5, 0.6) is 5.75 Å². The number of methoxy groups -OCH3 is 1. The molecule has 7 nitrogen and oxygen atoms in total. The maximum atomic E-state index is 12.2. The van der Waals surface area contributed by atoms with Gasteiger partial charge in [0.25, 0.3) is 11.1 Å². The Hall–Kier alpha value is -2.48. The summed E-state index contributed by atoms with van der Waals surface area (Å²) in [5, 5.41) is 8.22. The van der Waals surface area contributed by atoms with Gasteiger partial charge in [-0.3, -0.25) is 19.3 Å². The van der Waals surface area contributed by atoms with Gasteiger partial charge in [-0.1, -0.05) is 0 Å². The number of amides is 2. The van der Waals surface area contributed by atoms with E-state index in [-0.39, 0.29) is 4.91 Å². The quantitative estimate of drug-likeness (QED) is 0.805. The van der Waals surface area contributed by atoms with Crippen LogP contribution in [0.4, 0.5) is 10.5 Å². The van der Waals surface area contributed by atoms with Crippen molar-refractivity contribution in [2.75, 3.05) is 31.6 Å². The number of anilines is 1. The molecule has 2 aliphatic rings. The lowest BCUT2D eigenvalue weighted by Gasteiger charge is -2.19. The number of hydrogen-bond acceptors (Lipinski definition) is 6. The molecule has 25 heavy (non-hydrogen) atoms. The van der Waals surface area contributed by atoms with Crippen LogP contribution in [0.15, 0.2) is 23.1 Å². The highest BCUT2D eigenvalue weighted by molar-refractivity contribution is 8.18. The molecule has 2 amide bonds. The summed E-state index contributed by atoms with van der Waals surface area (Å²) in [5.41, 5.74) is 1.73. The Morgan fingerprint density at radius 1 is 1.32 bits per heavy atom. The summed E-state index contributed by atoms with van der Waals surface area (Å²) in [5.74, 6) is -1.21. The molecule has 2 fully saturated rings. The average Bonchev–Trinajstić information content (AvgIpc) is 3.20. The molecular formula is C17H18N2O5S. The summed E-state index contributed by atoms with van der Waals surface area (Å²) in [6, 6.07) is 5.72. The van der Waals surface area contributed by atoms with Crippen LogP contribution in [-0.4, -0.2) is 53.9 Å². The number of nitrogens with zero attached hydrogens (tertiary/aromatic N) is 2. The molecule has 0 saturated carbocycles. The van der Waals surface area contributed by atoms with E-state index in [9.17, 15) is 14.4 Å². The molecule has 0 spiro atoms. The molecule has 2 saturated heterocycles. The van der Waals surface area contributed by atoms with Crippen molar-refractivity contribution in [2.24, 2.45) is 0 Å². The van der Waals surface area contributed by atoms with E-state index in [1.807, 2.05) is 18.2 Å². The van der Waals surface area contributed by atoms with Gasteiger partial charge in [0, 0.05) is 30.4 Å². The van der Waals surface area contributed by atoms with E-state index < -0.39 is 23.7 Å². The Labute approximate surface area is 149 Å². The van der Waals surface area contributed by atoms with Gasteiger partial charge in [0.15, 0.2) is 0 Å². The number of thioether (sulfide) groups is 1. The number of rotatable bonds is 5. The molecule has 1 aromatic carbocycles. The van der Waals surface area contributed by atoms with Crippen LogP contribution >= 0.6 is 11.8 Å². The predicted octanol–water partition coefficient (Wildman–Crippen LogP) is 2.42. The summed E-state index contributed by atoms with van der Waals surface area (Å²) in [6.45, 7) is 1.39. The van der Waals surface area contributed by atoms with Crippen molar-refractivity contribution >= 4 is 40.6 Å². The second-order valence-corrected chi connectivity index (χ2v) is 6.78. The summed E-state index contributed by atoms with van der Waals surface area (Å²) in [4.78, 5) is 38.0. The molecule has 132 valence electrons. The monoisotopic (exact) mass is 362 g/mol. The third kappa shape index (κ3) is 3.63. The van der Waals surface area contributed by atoms with Crippen LogP contribution < -0.4 is 9.64 Å². The minimum atomic E-state index is -1.23. The second-order valence-electron chi connectivity index (χ2n) is 5.78. The fourth-order valence-corrected chi connectivity index (χ4v) is 3.73. The maximum absolute atomic E-state index is 12.2. The number of benzene rings is 1. The highest BCUT2D eigenvalue weighted by Gasteiger charge is 2.36. The topological polar surface area (TPSA) is 87.2 Å². The summed E-state index contributed by atoms with van der Waals surface area (Å²) < 4.78 is 5.42. The van der Waals surface area contributed by atoms with Gasteiger partial charge in [0.1, 0.15) is 12.3 Å². The third-order valence-corrected chi connectivity index (χ3v) is 5.05. The number of hydrogen-bond donors (Lipinski definition) is 1. The van der Waals surface area contributed by atoms with E-state index in [4.69, 9.17) is 9.84 Å². The van der Waals surface area contributed by atoms with E-state index >= 15 is 0 Å². The average molecular weight is 362 g/mol. The van der Waals surface area contributed by atoms with Crippen molar-refractivity contribution < 1.29 is 24.2 Å². The zero-order chi connectivity index (χ0) is 18.0. The second kappa shape index (κ2) is 7.18. The van der Waals surface area contributed by atoms with E-state index in [1.165, 1.54) is 12.8 Å². The summed E-state index contributed by atoms with van der Waals surface area (Å²) >= 11 is 0.737. The first-order valence-electron chi connectivity index (χ1n) is 7.90. The lowest BCUT2D eigenvalue weighted by molar-refractivity contribution is -0.140. The molecule has 8 heteroatoms. The predicted molar refractivity (Wildman–Crippen MR) is 94.8 cm³/mol. The van der Waals surface area contributed by atoms with Gasteiger partial charge in [0.2, 0.25) is 0 Å². The van der Waals surface area contributed by atoms with Crippen LogP contribution in [0.2, 0.25) is 0 Å². The Balaban J connectivity index is 1.86. The van der Waals surface area contributed by atoms with Gasteiger partial charge in [0.05, 0.1) is 12.0 Å². The number of carboxylic acids is 1. The number of ether oxygens (including phenoxy) is 1. The molecule has 2 heterocycles. The molecular weight excluding hydrogens is 344 g/mol. The van der Waals surface area contributed by atoms with Gasteiger partial charge in [-0.15, -0.1) is 0 Å². The summed E-state index contributed by atoms with van der Waals surface area (Å²) in [6.07, 6.45) is 3.90. The van der Waals surface area contributed by atoms with Crippen LogP contribution in [-0.2, 0) is 9.59 Å². The summed E-state index contributed by atoms with van der Waals surface area (Å²) in [7, 11) is 1.55. The first-order valence-corrected chi connectivity index (χ1v) is 8.71. The fraction of sp³-hybridized carbons (Fsp3) is 0.353. The first-order chi connectivity index (χ1) is 12.0. The number of imide groups is 1. The molecule has 0 unspecified atom stereocenters. The smallest absolute Gasteiger partial charge is 0.323 e. The van der Waals surface area contributed by atoms with Crippen molar-refractivity contribution in [3.63, 3.8) is 0 Å². The molecule has 3 rings (SSSR count). The maximum Gasteiger partial charge on any atom is 0.323 e. The SMILES string of the molecule is COc1cc(N2CCCC2)ccc1/C=C1/SC(=O)N(CC(=O)O)C1=O. The van der Waals surface area contributed by atoms with Crippen molar-refractivity contribution in [3.8, 4) is 5.75 Å². The number of carbonyl (C=O) groups excluding carboxylic acids is 2. The van der Waals surface area contributed by atoms with E-state index in [1.54, 1.807) is 13.2 Å². The van der Waals surface area contributed by atoms with Gasteiger partial charge < -0.3 is 14.7 Å². The van der Waals surface area contributed by atoms with Crippen LogP contribution in [0, 0.1) is 0 Å². The lowest BCUT2D eigenvalue weighted by Crippen LogP contribution is -2.33. The van der Waals surface area contributed by atoms with Gasteiger partial charge in [-0.05, 0) is 42.8 Å². The number of aliphatic carboxylic acids is 1. The van der Waals surface area contributed by atoms with Crippen molar-refractivity contribution in [3.05, 3.63) is 28.7 Å². The number of carboxylic acid groups (broad SMARTS) is 1. The minimum absolute atomic E-state index is 0.193. The highest BCUT2D eigenvalue weighted by Crippen LogP contribution is 2.35. The van der Waals surface area contributed by atoms with Crippen molar-refractivity contribution in [1.82, 2.24) is 4.90 Å². The normalized spacial score (nSPS) is 19.2. The number of carbonyl (C=O) groups is 3. The van der Waals surface area contributed by atoms with Crippen LogP contribution in [0.25, 0.3) is 6.08 Å². The Morgan fingerprint density at radius 3 is 2.68 bits per heavy atom. The highest BCUT2D eigenvalue weighted by atomic mass is 32.2. The third-order valence-electron chi connectivity index (χ3n) is 4.14. The fourth-order valence-electron chi connectivity index (χ4n) is 2.90. The van der Waals surface area contributed by atoms with Gasteiger partial charge in [-0.2, -0.15) is 0 Å². The molecule has 0 radical (unpaired) electrons. The van der Waals surface area contributed by atoms with E-state index in [0.717, 1.165) is 35.4 Å². The molecule has 1 aromatic rings. The van der Waals surface area contributed by atoms with Crippen molar-refractivity contribution in [2.45, 2.75) is 12.8 Å². The van der Waals surface area contributed by atoms with Crippen LogP contribution in [0.3, 0.4) is 0 Å². The molecule has 0 aromatic heterocycles. The molecule has 2 aliphatic heterocycles. The van der Waals surface area contributed by atoms with E-state index in [0.29, 0.717) is 11.3 Å². The van der Waals surface area contributed by atoms with Crippen molar-refractivity contribution in [1.29, 1.82) is 0 Å². The largest absolute Gasteiger partial charge is 0.496 e. The Morgan fingerprint density at radius 2 is 2.04 bits per heavy atom. The lowest BCUT2D eigenvalue weighted by atomic mass is 10.1. The standard InChI is InChI=1S/C17H18N2O5S/c1-24-13-9-12(18-6-2-3-7-18)5-4-11(13)8-14-16(22)19(10-15(20)21)17(23)25-14/h4-5,8-9H,2-3,6-7,10H2,1H3,(H,20,21)/b14-8+.